The minimum absolute atomic E-state index is 0.469. The van der Waals surface area contributed by atoms with Crippen LogP contribution in [-0.2, 0) is 0 Å². The molecule has 4 rings (SSSR count). The molecule has 5 atom stereocenters. The highest BCUT2D eigenvalue weighted by atomic mass is 15.1. The van der Waals surface area contributed by atoms with Crippen LogP contribution >= 0.6 is 0 Å². The zero-order valence-electron chi connectivity index (χ0n) is 15.0. The molecule has 0 aromatic carbocycles. The summed E-state index contributed by atoms with van der Waals surface area (Å²) in [6.45, 7) is 5.16. The summed E-state index contributed by atoms with van der Waals surface area (Å²) in [5.41, 5.74) is 4.73. The van der Waals surface area contributed by atoms with Crippen LogP contribution in [0.4, 0.5) is 0 Å². The van der Waals surface area contributed by atoms with E-state index in [1.165, 1.54) is 51.4 Å². The first-order chi connectivity index (χ1) is 10.5. The normalized spacial score (nSPS) is 47.4. The molecule has 22 heavy (non-hydrogen) atoms. The lowest BCUT2D eigenvalue weighted by atomic mass is 9.51. The lowest BCUT2D eigenvalue weighted by Gasteiger charge is -2.54. The lowest BCUT2D eigenvalue weighted by molar-refractivity contribution is 0.0728. The van der Waals surface area contributed by atoms with Crippen LogP contribution in [0.15, 0.2) is 23.3 Å². The molecule has 122 valence electrons. The fraction of sp³-hybridized carbons (Fsp3) is 0.810. The Hall–Kier alpha value is -0.560. The Morgan fingerprint density at radius 3 is 2.64 bits per heavy atom. The number of nitrogens with zero attached hydrogens (tertiary/aromatic N) is 1. The van der Waals surface area contributed by atoms with Crippen molar-refractivity contribution >= 4 is 0 Å². The van der Waals surface area contributed by atoms with Gasteiger partial charge in [-0.3, -0.25) is 0 Å². The van der Waals surface area contributed by atoms with E-state index >= 15 is 0 Å². The van der Waals surface area contributed by atoms with Crippen molar-refractivity contribution in [1.82, 2.24) is 4.90 Å². The van der Waals surface area contributed by atoms with Crippen molar-refractivity contribution in [3.8, 4) is 0 Å². The predicted molar refractivity (Wildman–Crippen MR) is 93.8 cm³/mol. The third kappa shape index (κ3) is 1.87. The minimum Gasteiger partial charge on any atom is -0.306 e. The van der Waals surface area contributed by atoms with Gasteiger partial charge in [-0.05, 0) is 82.7 Å². The summed E-state index contributed by atoms with van der Waals surface area (Å²) in [4.78, 5) is 2.50. The van der Waals surface area contributed by atoms with Crippen LogP contribution in [0.5, 0.6) is 0 Å². The largest absolute Gasteiger partial charge is 0.306 e. The molecule has 0 aromatic rings. The fourth-order valence-electron chi connectivity index (χ4n) is 6.87. The van der Waals surface area contributed by atoms with Crippen LogP contribution in [0.2, 0.25) is 0 Å². The van der Waals surface area contributed by atoms with Crippen molar-refractivity contribution in [3.63, 3.8) is 0 Å². The summed E-state index contributed by atoms with van der Waals surface area (Å²) in [5.74, 6) is 1.80. The van der Waals surface area contributed by atoms with Gasteiger partial charge in [0.1, 0.15) is 0 Å². The molecule has 4 aliphatic rings. The van der Waals surface area contributed by atoms with E-state index in [0.29, 0.717) is 10.8 Å². The molecule has 0 amide bonds. The Labute approximate surface area is 136 Å². The van der Waals surface area contributed by atoms with E-state index < -0.39 is 0 Å². The maximum atomic E-state index is 2.62. The Balaban J connectivity index is 1.76. The zero-order valence-corrected chi connectivity index (χ0v) is 15.0. The van der Waals surface area contributed by atoms with Crippen molar-refractivity contribution < 1.29 is 0 Å². The molecule has 4 aliphatic carbocycles. The van der Waals surface area contributed by atoms with E-state index in [1.807, 2.05) is 11.1 Å². The van der Waals surface area contributed by atoms with Gasteiger partial charge in [-0.2, -0.15) is 0 Å². The SMILES string of the molecule is CN(C)C1CCC2=C3CCC4CCC=C[C@]4(C)[C@@H]3CC[C@@]21C. The quantitative estimate of drug-likeness (QED) is 0.602. The molecule has 0 N–H and O–H groups in total. The molecule has 0 radical (unpaired) electrons. The van der Waals surface area contributed by atoms with Gasteiger partial charge in [-0.15, -0.1) is 0 Å². The van der Waals surface area contributed by atoms with Crippen molar-refractivity contribution in [2.45, 2.75) is 71.3 Å². The molecule has 2 fully saturated rings. The third-order valence-corrected chi connectivity index (χ3v) is 8.03. The smallest absolute Gasteiger partial charge is 0.0183 e. The molecular formula is C21H33N. The third-order valence-electron chi connectivity index (χ3n) is 8.03. The molecule has 0 aliphatic heterocycles. The Bertz CT molecular complexity index is 528. The maximum Gasteiger partial charge on any atom is 0.0183 e. The number of hydrogen-bond donors (Lipinski definition) is 0. The highest BCUT2D eigenvalue weighted by molar-refractivity contribution is 5.37. The maximum absolute atomic E-state index is 2.62. The molecule has 2 unspecified atom stereocenters. The predicted octanol–water partition coefficient (Wildman–Crippen LogP) is 5.19. The Kier molecular flexibility index (Phi) is 3.39. The van der Waals surface area contributed by atoms with E-state index in [2.05, 4.69) is 45.0 Å². The minimum atomic E-state index is 0.469. The molecule has 1 heteroatoms. The second-order valence-electron chi connectivity index (χ2n) is 9.11. The van der Waals surface area contributed by atoms with Crippen molar-refractivity contribution in [1.29, 1.82) is 0 Å². The number of hydrogen-bond acceptors (Lipinski definition) is 1. The number of allylic oxidation sites excluding steroid dienone is 3. The van der Waals surface area contributed by atoms with Gasteiger partial charge in [-0.1, -0.05) is 37.1 Å². The van der Waals surface area contributed by atoms with Gasteiger partial charge in [0.25, 0.3) is 0 Å². The van der Waals surface area contributed by atoms with Crippen molar-refractivity contribution in [3.05, 3.63) is 23.3 Å². The van der Waals surface area contributed by atoms with Gasteiger partial charge in [0.05, 0.1) is 0 Å². The molecule has 0 spiro atoms. The van der Waals surface area contributed by atoms with Crippen LogP contribution in [0.25, 0.3) is 0 Å². The highest BCUT2D eigenvalue weighted by Crippen LogP contribution is 2.62. The Morgan fingerprint density at radius 2 is 1.86 bits per heavy atom. The zero-order chi connectivity index (χ0) is 15.5. The first-order valence-electron chi connectivity index (χ1n) is 9.53. The summed E-state index contributed by atoms with van der Waals surface area (Å²) in [5, 5.41) is 0. The number of rotatable bonds is 1. The van der Waals surface area contributed by atoms with Crippen LogP contribution < -0.4 is 0 Å². The molecule has 1 nitrogen and oxygen atoms in total. The van der Waals surface area contributed by atoms with E-state index in [-0.39, 0.29) is 0 Å². The summed E-state index contributed by atoms with van der Waals surface area (Å²) in [7, 11) is 4.58. The first kappa shape index (κ1) is 15.0. The average Bonchev–Trinajstić information content (AvgIpc) is 2.84. The fourth-order valence-corrected chi connectivity index (χ4v) is 6.87. The molecular weight excluding hydrogens is 266 g/mol. The molecule has 0 heterocycles. The van der Waals surface area contributed by atoms with Crippen molar-refractivity contribution in [2.24, 2.45) is 22.7 Å². The van der Waals surface area contributed by atoms with Gasteiger partial charge in [-0.25, -0.2) is 0 Å². The average molecular weight is 300 g/mol. The second-order valence-corrected chi connectivity index (χ2v) is 9.11. The summed E-state index contributed by atoms with van der Waals surface area (Å²) in [6, 6.07) is 0.767. The van der Waals surface area contributed by atoms with Gasteiger partial charge in [0.2, 0.25) is 0 Å². The van der Waals surface area contributed by atoms with E-state index in [0.717, 1.165) is 17.9 Å². The standard InChI is InChI=1S/C21H33N/c1-20-13-6-5-7-15(20)8-9-16-17-10-11-19(22(3)4)21(17,2)14-12-18(16)20/h6,13,15,18-19H,5,7-12,14H2,1-4H3/t15?,18-,19?,20+,21+/m1/s1. The molecule has 2 saturated carbocycles. The number of fused-ring (bicyclic) bond motifs is 4. The molecule has 0 aromatic heterocycles. The van der Waals surface area contributed by atoms with Crippen LogP contribution in [-0.4, -0.2) is 25.0 Å². The van der Waals surface area contributed by atoms with Crippen LogP contribution in [0.1, 0.15) is 65.2 Å². The van der Waals surface area contributed by atoms with Gasteiger partial charge in [0.15, 0.2) is 0 Å². The van der Waals surface area contributed by atoms with Gasteiger partial charge < -0.3 is 4.90 Å². The lowest BCUT2D eigenvalue weighted by Crippen LogP contribution is -2.47. The van der Waals surface area contributed by atoms with E-state index in [9.17, 15) is 0 Å². The summed E-state index contributed by atoms with van der Waals surface area (Å²) in [6.07, 6.45) is 16.3. The topological polar surface area (TPSA) is 3.24 Å². The summed E-state index contributed by atoms with van der Waals surface area (Å²) < 4.78 is 0. The first-order valence-corrected chi connectivity index (χ1v) is 9.53. The van der Waals surface area contributed by atoms with Crippen LogP contribution in [0, 0.1) is 22.7 Å². The van der Waals surface area contributed by atoms with Gasteiger partial charge >= 0.3 is 0 Å². The van der Waals surface area contributed by atoms with Crippen LogP contribution in [0.3, 0.4) is 0 Å². The monoisotopic (exact) mass is 299 g/mol. The van der Waals surface area contributed by atoms with E-state index in [4.69, 9.17) is 0 Å². The Morgan fingerprint density at radius 1 is 1.05 bits per heavy atom. The van der Waals surface area contributed by atoms with E-state index in [1.54, 1.807) is 0 Å². The second kappa shape index (κ2) is 4.97. The molecule has 0 bridgehead atoms. The highest BCUT2D eigenvalue weighted by Gasteiger charge is 2.53. The van der Waals surface area contributed by atoms with Gasteiger partial charge in [0, 0.05) is 11.5 Å². The van der Waals surface area contributed by atoms with Crippen molar-refractivity contribution in [2.75, 3.05) is 14.1 Å². The molecule has 0 saturated heterocycles. The summed E-state index contributed by atoms with van der Waals surface area (Å²) >= 11 is 0.